The number of aryl methyl sites for hydroxylation is 1. The molecule has 1 aliphatic rings. The minimum absolute atomic E-state index is 0.0693. The van der Waals surface area contributed by atoms with Gasteiger partial charge in [0.1, 0.15) is 27.5 Å². The number of nitriles is 1. The summed E-state index contributed by atoms with van der Waals surface area (Å²) in [6.45, 7) is 6.97. The SMILES string of the molecule is CCCn1c(NCc2ccc(OC)cc2)c(/C=C2/SC(=S)N(Cc3ccc(C)cc3)C2=O)c(C)c(C#N)c1=O. The van der Waals surface area contributed by atoms with Crippen LogP contribution in [0.3, 0.4) is 0 Å². The summed E-state index contributed by atoms with van der Waals surface area (Å²) in [4.78, 5) is 28.8. The fourth-order valence-electron chi connectivity index (χ4n) is 4.36. The third-order valence-corrected chi connectivity index (χ3v) is 7.93. The largest absolute Gasteiger partial charge is 0.497 e. The zero-order valence-corrected chi connectivity index (χ0v) is 24.0. The molecule has 0 saturated carbocycles. The molecule has 0 aliphatic carbocycles. The molecule has 200 valence electrons. The highest BCUT2D eigenvalue weighted by atomic mass is 32.2. The van der Waals surface area contributed by atoms with Crippen LogP contribution in [0.15, 0.2) is 58.2 Å². The Labute approximate surface area is 238 Å². The molecule has 0 radical (unpaired) electrons. The standard InChI is InChI=1S/C30H30N4O3S2/c1-5-14-33-27(32-17-21-10-12-23(37-4)13-11-21)24(20(3)25(16-31)28(33)35)15-26-29(36)34(30(38)39-26)18-22-8-6-19(2)7-9-22/h6-13,15,32H,5,14,17-18H2,1-4H3/b26-15+. The number of hydrogen-bond acceptors (Lipinski definition) is 7. The number of nitrogens with one attached hydrogen (secondary N) is 1. The van der Waals surface area contributed by atoms with E-state index in [9.17, 15) is 14.9 Å². The molecular weight excluding hydrogens is 528 g/mol. The summed E-state index contributed by atoms with van der Waals surface area (Å²) >= 11 is 6.80. The highest BCUT2D eigenvalue weighted by Crippen LogP contribution is 2.36. The number of thioether (sulfide) groups is 1. The quantitative estimate of drug-likeness (QED) is 0.264. The molecule has 1 saturated heterocycles. The molecule has 1 aromatic heterocycles. The minimum Gasteiger partial charge on any atom is -0.497 e. The molecule has 3 aromatic rings. The van der Waals surface area contributed by atoms with Gasteiger partial charge >= 0.3 is 0 Å². The van der Waals surface area contributed by atoms with Crippen LogP contribution in [-0.2, 0) is 24.4 Å². The fraction of sp³-hybridized carbons (Fsp3) is 0.267. The van der Waals surface area contributed by atoms with Crippen molar-refractivity contribution < 1.29 is 9.53 Å². The number of rotatable bonds is 9. The van der Waals surface area contributed by atoms with Gasteiger partial charge in [0, 0.05) is 18.7 Å². The Morgan fingerprint density at radius 3 is 2.36 bits per heavy atom. The van der Waals surface area contributed by atoms with E-state index >= 15 is 0 Å². The Kier molecular flexibility index (Phi) is 8.90. The number of benzene rings is 2. The average Bonchev–Trinajstić information content (AvgIpc) is 3.20. The van der Waals surface area contributed by atoms with E-state index in [2.05, 4.69) is 11.4 Å². The van der Waals surface area contributed by atoms with E-state index in [1.54, 1.807) is 29.6 Å². The van der Waals surface area contributed by atoms with E-state index in [1.807, 2.05) is 62.4 Å². The first-order valence-corrected chi connectivity index (χ1v) is 13.8. The summed E-state index contributed by atoms with van der Waals surface area (Å²) in [5.74, 6) is 1.13. The van der Waals surface area contributed by atoms with Gasteiger partial charge in [-0.15, -0.1) is 0 Å². The second-order valence-electron chi connectivity index (χ2n) is 9.29. The molecule has 0 atom stereocenters. The van der Waals surface area contributed by atoms with Crippen LogP contribution in [0, 0.1) is 25.2 Å². The van der Waals surface area contributed by atoms with Crippen molar-refractivity contribution in [3.8, 4) is 11.8 Å². The summed E-state index contributed by atoms with van der Waals surface area (Å²) in [5.41, 5.74) is 3.99. The maximum atomic E-state index is 13.5. The first kappa shape index (κ1) is 28.1. The molecule has 1 N–H and O–H groups in total. The summed E-state index contributed by atoms with van der Waals surface area (Å²) in [6.07, 6.45) is 2.45. The maximum Gasteiger partial charge on any atom is 0.270 e. The highest BCUT2D eigenvalue weighted by Gasteiger charge is 2.33. The number of ether oxygens (including phenoxy) is 1. The first-order chi connectivity index (χ1) is 18.8. The van der Waals surface area contributed by atoms with Crippen molar-refractivity contribution in [2.75, 3.05) is 12.4 Å². The third-order valence-electron chi connectivity index (χ3n) is 6.55. The topological polar surface area (TPSA) is 87.4 Å². The number of nitrogens with zero attached hydrogens (tertiary/aromatic N) is 3. The van der Waals surface area contributed by atoms with Crippen LogP contribution in [0.5, 0.6) is 5.75 Å². The number of anilines is 1. The van der Waals surface area contributed by atoms with E-state index in [1.165, 1.54) is 11.8 Å². The lowest BCUT2D eigenvalue weighted by Gasteiger charge is -2.20. The molecule has 1 fully saturated rings. The number of methoxy groups -OCH3 is 1. The van der Waals surface area contributed by atoms with E-state index < -0.39 is 0 Å². The Balaban J connectivity index is 1.75. The molecule has 9 heteroatoms. The number of pyridine rings is 1. The van der Waals surface area contributed by atoms with E-state index in [0.29, 0.717) is 52.2 Å². The van der Waals surface area contributed by atoms with Crippen molar-refractivity contribution in [1.29, 1.82) is 5.26 Å². The number of thiocarbonyl (C=S) groups is 1. The van der Waals surface area contributed by atoms with Crippen LogP contribution in [0.1, 0.15) is 46.7 Å². The van der Waals surface area contributed by atoms with Crippen molar-refractivity contribution in [2.45, 2.75) is 46.8 Å². The van der Waals surface area contributed by atoms with Crippen molar-refractivity contribution in [2.24, 2.45) is 0 Å². The summed E-state index contributed by atoms with van der Waals surface area (Å²) in [5, 5.41) is 13.2. The number of aromatic nitrogens is 1. The van der Waals surface area contributed by atoms with Crippen LogP contribution in [0.25, 0.3) is 6.08 Å². The predicted molar refractivity (Wildman–Crippen MR) is 161 cm³/mol. The smallest absolute Gasteiger partial charge is 0.270 e. The van der Waals surface area contributed by atoms with Crippen molar-refractivity contribution in [3.05, 3.63) is 97.2 Å². The van der Waals surface area contributed by atoms with Gasteiger partial charge in [0.15, 0.2) is 0 Å². The molecule has 0 unspecified atom stereocenters. The van der Waals surface area contributed by atoms with Crippen molar-refractivity contribution in [1.82, 2.24) is 9.47 Å². The van der Waals surface area contributed by atoms with Crippen molar-refractivity contribution >= 4 is 46.1 Å². The molecule has 2 aromatic carbocycles. The van der Waals surface area contributed by atoms with Gasteiger partial charge in [-0.2, -0.15) is 5.26 Å². The molecule has 1 amide bonds. The molecule has 1 aliphatic heterocycles. The van der Waals surface area contributed by atoms with Crippen LogP contribution in [-0.4, -0.2) is 26.8 Å². The van der Waals surface area contributed by atoms with Gasteiger partial charge in [-0.05, 0) is 55.2 Å². The molecule has 4 rings (SSSR count). The Bertz CT molecular complexity index is 1530. The van der Waals surface area contributed by atoms with Gasteiger partial charge in [-0.25, -0.2) is 0 Å². The van der Waals surface area contributed by atoms with Crippen LogP contribution in [0.4, 0.5) is 5.82 Å². The van der Waals surface area contributed by atoms with Gasteiger partial charge in [0.05, 0.1) is 18.6 Å². The number of hydrogen-bond donors (Lipinski definition) is 1. The Hall–Kier alpha value is -3.87. The Morgan fingerprint density at radius 2 is 1.74 bits per heavy atom. The van der Waals surface area contributed by atoms with Gasteiger partial charge < -0.3 is 10.1 Å². The molecule has 0 bridgehead atoms. The van der Waals surface area contributed by atoms with Crippen LogP contribution >= 0.6 is 24.0 Å². The normalized spacial score (nSPS) is 14.1. The Morgan fingerprint density at radius 1 is 1.08 bits per heavy atom. The van der Waals surface area contributed by atoms with E-state index in [-0.39, 0.29) is 17.0 Å². The minimum atomic E-state index is -0.349. The van der Waals surface area contributed by atoms with Gasteiger partial charge in [-0.3, -0.25) is 19.1 Å². The summed E-state index contributed by atoms with van der Waals surface area (Å²) < 4.78 is 7.31. The van der Waals surface area contributed by atoms with E-state index in [4.69, 9.17) is 17.0 Å². The van der Waals surface area contributed by atoms with Gasteiger partial charge in [-0.1, -0.05) is 72.9 Å². The van der Waals surface area contributed by atoms with Crippen LogP contribution < -0.4 is 15.6 Å². The van der Waals surface area contributed by atoms with Crippen molar-refractivity contribution in [3.63, 3.8) is 0 Å². The molecule has 2 heterocycles. The maximum absolute atomic E-state index is 13.5. The van der Waals surface area contributed by atoms with Crippen LogP contribution in [0.2, 0.25) is 0 Å². The monoisotopic (exact) mass is 558 g/mol. The molecule has 7 nitrogen and oxygen atoms in total. The predicted octanol–water partition coefficient (Wildman–Crippen LogP) is 5.77. The fourth-order valence-corrected chi connectivity index (χ4v) is 5.60. The lowest BCUT2D eigenvalue weighted by molar-refractivity contribution is -0.122. The van der Waals surface area contributed by atoms with Gasteiger partial charge in [0.2, 0.25) is 0 Å². The number of carbonyl (C=O) groups excluding carboxylic acids is 1. The second-order valence-corrected chi connectivity index (χ2v) is 11.0. The second kappa shape index (κ2) is 12.3. The molecule has 39 heavy (non-hydrogen) atoms. The zero-order chi connectivity index (χ0) is 28.1. The zero-order valence-electron chi connectivity index (χ0n) is 22.4. The lowest BCUT2D eigenvalue weighted by atomic mass is 10.0. The summed E-state index contributed by atoms with van der Waals surface area (Å²) in [6, 6.07) is 17.7. The molecule has 0 spiro atoms. The van der Waals surface area contributed by atoms with Gasteiger partial charge in [0.25, 0.3) is 11.5 Å². The molecular formula is C30H30N4O3S2. The summed E-state index contributed by atoms with van der Waals surface area (Å²) in [7, 11) is 1.62. The highest BCUT2D eigenvalue weighted by molar-refractivity contribution is 8.26. The number of amides is 1. The first-order valence-electron chi connectivity index (χ1n) is 12.6. The number of carbonyl (C=O) groups is 1. The lowest BCUT2D eigenvalue weighted by Crippen LogP contribution is -2.28. The van der Waals surface area contributed by atoms with E-state index in [0.717, 1.165) is 22.4 Å². The third kappa shape index (κ3) is 6.08. The average molecular weight is 559 g/mol.